The molecule has 0 spiro atoms. The largest absolute Gasteiger partial charge is 0.323 e. The van der Waals surface area contributed by atoms with Crippen molar-refractivity contribution in [2.45, 2.75) is 50.5 Å². The fourth-order valence-electron chi connectivity index (χ4n) is 3.53. The molecule has 2 fully saturated rings. The van der Waals surface area contributed by atoms with E-state index in [-0.39, 0.29) is 31.5 Å². The van der Waals surface area contributed by atoms with Crippen LogP contribution in [0, 0.1) is 17.2 Å². The normalized spacial score (nSPS) is 30.5. The Morgan fingerprint density at radius 1 is 1.43 bits per heavy atom. The summed E-state index contributed by atoms with van der Waals surface area (Å²) in [6.45, 7) is 1.06. The van der Waals surface area contributed by atoms with E-state index in [1.807, 2.05) is 10.8 Å². The molecule has 0 bridgehead atoms. The average molecular weight is 320 g/mol. The highest BCUT2D eigenvalue weighted by Crippen LogP contribution is 2.27. The minimum Gasteiger partial charge on any atom is -0.323 e. The van der Waals surface area contributed by atoms with Gasteiger partial charge in [-0.15, -0.1) is 0 Å². The van der Waals surface area contributed by atoms with E-state index in [0.29, 0.717) is 5.92 Å². The number of nitriles is 1. The molecule has 8 heteroatoms. The topological polar surface area (TPSA) is 86.8 Å². The highest BCUT2D eigenvalue weighted by molar-refractivity contribution is 5.79. The van der Waals surface area contributed by atoms with Gasteiger partial charge in [-0.1, -0.05) is 0 Å². The zero-order valence-corrected chi connectivity index (χ0v) is 12.9. The van der Waals surface area contributed by atoms with Crippen LogP contribution in [0.3, 0.4) is 0 Å². The molecule has 1 N–H and O–H groups in total. The molecular weight excluding hydrogens is 299 g/mol. The van der Waals surface area contributed by atoms with Crippen molar-refractivity contribution < 1.29 is 9.18 Å². The Morgan fingerprint density at radius 2 is 2.30 bits per heavy atom. The molecule has 124 valence electrons. The summed E-state index contributed by atoms with van der Waals surface area (Å²) in [6.07, 6.45) is 5.38. The predicted molar refractivity (Wildman–Crippen MR) is 79.8 cm³/mol. The molecule has 1 aromatic heterocycles. The van der Waals surface area contributed by atoms with E-state index in [2.05, 4.69) is 15.4 Å². The van der Waals surface area contributed by atoms with Gasteiger partial charge in [-0.3, -0.25) is 9.48 Å². The highest BCUT2D eigenvalue weighted by Gasteiger charge is 2.35. The molecule has 0 radical (unpaired) electrons. The molecular formula is C15H21FN6O. The number of carbonyl (C=O) groups excluding carboxylic acids is 1. The maximum atomic E-state index is 13.4. The number of hydrogen-bond donors (Lipinski definition) is 1. The Kier molecular flexibility index (Phi) is 4.86. The van der Waals surface area contributed by atoms with Crippen LogP contribution < -0.4 is 5.32 Å². The van der Waals surface area contributed by atoms with Crippen LogP contribution in [-0.2, 0) is 11.3 Å². The van der Waals surface area contributed by atoms with E-state index in [9.17, 15) is 9.18 Å². The molecule has 1 amide bonds. The summed E-state index contributed by atoms with van der Waals surface area (Å²) in [5.74, 6) is 0.342. The SMILES string of the molecule is N#C[C@@H]1C[C@H](F)CN1C(=O)CN[C@H]1CC[C@@H](Cn2cncn2)C1. The lowest BCUT2D eigenvalue weighted by Crippen LogP contribution is -2.43. The van der Waals surface area contributed by atoms with Crippen LogP contribution in [-0.4, -0.2) is 56.9 Å². The van der Waals surface area contributed by atoms with Crippen LogP contribution >= 0.6 is 0 Å². The lowest BCUT2D eigenvalue weighted by molar-refractivity contribution is -0.130. The molecule has 1 aliphatic heterocycles. The fourth-order valence-corrected chi connectivity index (χ4v) is 3.53. The Hall–Kier alpha value is -2.01. The molecule has 1 saturated heterocycles. The minimum absolute atomic E-state index is 0.0400. The van der Waals surface area contributed by atoms with Crippen molar-refractivity contribution in [2.75, 3.05) is 13.1 Å². The van der Waals surface area contributed by atoms with Gasteiger partial charge in [0.2, 0.25) is 5.91 Å². The van der Waals surface area contributed by atoms with Crippen LogP contribution in [0.15, 0.2) is 12.7 Å². The summed E-state index contributed by atoms with van der Waals surface area (Å²) < 4.78 is 15.2. The van der Waals surface area contributed by atoms with Gasteiger partial charge in [-0.25, -0.2) is 9.37 Å². The minimum atomic E-state index is -1.08. The maximum absolute atomic E-state index is 13.4. The maximum Gasteiger partial charge on any atom is 0.237 e. The van der Waals surface area contributed by atoms with Crippen molar-refractivity contribution in [2.24, 2.45) is 5.92 Å². The van der Waals surface area contributed by atoms with Gasteiger partial charge < -0.3 is 10.2 Å². The summed E-state index contributed by atoms with van der Waals surface area (Å²) in [5.41, 5.74) is 0. The van der Waals surface area contributed by atoms with Crippen molar-refractivity contribution in [3.05, 3.63) is 12.7 Å². The number of alkyl halides is 1. The van der Waals surface area contributed by atoms with E-state index in [0.717, 1.165) is 25.8 Å². The first-order chi connectivity index (χ1) is 11.2. The Labute approximate surface area is 134 Å². The number of nitrogens with zero attached hydrogens (tertiary/aromatic N) is 5. The molecule has 4 atom stereocenters. The van der Waals surface area contributed by atoms with Gasteiger partial charge in [-0.05, 0) is 25.2 Å². The molecule has 2 heterocycles. The first-order valence-corrected chi connectivity index (χ1v) is 8.04. The molecule has 1 aliphatic carbocycles. The van der Waals surface area contributed by atoms with Gasteiger partial charge in [-0.2, -0.15) is 10.4 Å². The number of hydrogen-bond acceptors (Lipinski definition) is 5. The fraction of sp³-hybridized carbons (Fsp3) is 0.733. The van der Waals surface area contributed by atoms with E-state index < -0.39 is 12.2 Å². The zero-order chi connectivity index (χ0) is 16.2. The number of rotatable bonds is 5. The first kappa shape index (κ1) is 15.9. The second kappa shape index (κ2) is 7.04. The zero-order valence-electron chi connectivity index (χ0n) is 12.9. The lowest BCUT2D eigenvalue weighted by atomic mass is 10.1. The molecule has 0 aromatic carbocycles. The Morgan fingerprint density at radius 3 is 3.04 bits per heavy atom. The average Bonchev–Trinajstić information content (AvgIpc) is 3.26. The number of halogens is 1. The summed E-state index contributed by atoms with van der Waals surface area (Å²) >= 11 is 0. The molecule has 1 saturated carbocycles. The first-order valence-electron chi connectivity index (χ1n) is 8.04. The highest BCUT2D eigenvalue weighted by atomic mass is 19.1. The Balaban J connectivity index is 1.42. The quantitative estimate of drug-likeness (QED) is 0.853. The van der Waals surface area contributed by atoms with Gasteiger partial charge in [0.25, 0.3) is 0 Å². The van der Waals surface area contributed by atoms with E-state index >= 15 is 0 Å². The molecule has 23 heavy (non-hydrogen) atoms. The number of amides is 1. The number of likely N-dealkylation sites (tertiary alicyclic amines) is 1. The van der Waals surface area contributed by atoms with Crippen LogP contribution in [0.1, 0.15) is 25.7 Å². The van der Waals surface area contributed by atoms with Gasteiger partial charge in [0.05, 0.1) is 19.2 Å². The molecule has 7 nitrogen and oxygen atoms in total. The number of nitrogens with one attached hydrogen (secondary N) is 1. The predicted octanol–water partition coefficient (Wildman–Crippen LogP) is 0.499. The molecule has 2 aliphatic rings. The van der Waals surface area contributed by atoms with Crippen molar-refractivity contribution >= 4 is 5.91 Å². The van der Waals surface area contributed by atoms with Gasteiger partial charge >= 0.3 is 0 Å². The third kappa shape index (κ3) is 3.85. The standard InChI is InChI=1S/C15H21FN6O/c16-12-4-14(5-17)22(8-12)15(23)6-19-13-2-1-11(3-13)7-21-10-18-9-20-21/h9-14,19H,1-4,6-8H2/t11-,12+,13+,14+/m1/s1. The smallest absolute Gasteiger partial charge is 0.237 e. The third-order valence-corrected chi connectivity index (χ3v) is 4.71. The summed E-state index contributed by atoms with van der Waals surface area (Å²) in [4.78, 5) is 17.5. The van der Waals surface area contributed by atoms with Crippen LogP contribution in [0.2, 0.25) is 0 Å². The van der Waals surface area contributed by atoms with Crippen molar-refractivity contribution in [1.82, 2.24) is 25.0 Å². The lowest BCUT2D eigenvalue weighted by Gasteiger charge is -2.21. The number of carbonyl (C=O) groups is 1. The van der Waals surface area contributed by atoms with Crippen LogP contribution in [0.5, 0.6) is 0 Å². The molecule has 3 rings (SSSR count). The summed E-state index contributed by atoms with van der Waals surface area (Å²) in [7, 11) is 0. The Bertz CT molecular complexity index is 571. The monoisotopic (exact) mass is 320 g/mol. The van der Waals surface area contributed by atoms with Crippen molar-refractivity contribution in [3.8, 4) is 6.07 Å². The van der Waals surface area contributed by atoms with Crippen molar-refractivity contribution in [3.63, 3.8) is 0 Å². The van der Waals surface area contributed by atoms with Gasteiger partial charge in [0.1, 0.15) is 24.9 Å². The van der Waals surface area contributed by atoms with E-state index in [4.69, 9.17) is 5.26 Å². The van der Waals surface area contributed by atoms with E-state index in [1.54, 1.807) is 6.33 Å². The van der Waals surface area contributed by atoms with E-state index in [1.165, 1.54) is 11.2 Å². The number of aromatic nitrogens is 3. The van der Waals surface area contributed by atoms with Crippen LogP contribution in [0.4, 0.5) is 4.39 Å². The second-order valence-electron chi connectivity index (χ2n) is 6.40. The molecule has 0 unspecified atom stereocenters. The summed E-state index contributed by atoms with van der Waals surface area (Å²) in [6, 6.07) is 1.67. The second-order valence-corrected chi connectivity index (χ2v) is 6.40. The van der Waals surface area contributed by atoms with Crippen molar-refractivity contribution in [1.29, 1.82) is 5.26 Å². The van der Waals surface area contributed by atoms with Gasteiger partial charge in [0.15, 0.2) is 0 Å². The molecule has 1 aromatic rings. The van der Waals surface area contributed by atoms with Crippen LogP contribution in [0.25, 0.3) is 0 Å². The van der Waals surface area contributed by atoms with Gasteiger partial charge in [0, 0.05) is 19.0 Å². The third-order valence-electron chi connectivity index (χ3n) is 4.71. The summed E-state index contributed by atoms with van der Waals surface area (Å²) in [5, 5.41) is 16.4.